The van der Waals surface area contributed by atoms with Gasteiger partial charge in [0.2, 0.25) is 0 Å². The quantitative estimate of drug-likeness (QED) is 0.171. The highest BCUT2D eigenvalue weighted by molar-refractivity contribution is 6.24. The number of ketones is 2. The van der Waals surface area contributed by atoms with Gasteiger partial charge < -0.3 is 5.11 Å². The third-order valence-electron chi connectivity index (χ3n) is 7.70. The summed E-state index contributed by atoms with van der Waals surface area (Å²) in [6, 6.07) is 0. The third kappa shape index (κ3) is 10.4. The number of rotatable bonds is 17. The lowest BCUT2D eigenvalue weighted by atomic mass is 9.80. The van der Waals surface area contributed by atoms with Gasteiger partial charge in [-0.2, -0.15) is 0 Å². The van der Waals surface area contributed by atoms with E-state index < -0.39 is 5.60 Å². The average molecular weight is 473 g/mol. The Bertz CT molecular complexity index is 751. The van der Waals surface area contributed by atoms with Crippen LogP contribution in [0.2, 0.25) is 0 Å². The molecule has 0 heterocycles. The number of hydrogen-bond donors (Lipinski definition) is 1. The first-order valence-corrected chi connectivity index (χ1v) is 13.7. The van der Waals surface area contributed by atoms with E-state index in [1.807, 2.05) is 6.92 Å². The number of aliphatic hydroxyl groups is 1. The standard InChI is InChI=1S/C31H52O3/c1-9-13-27-28(30(33)26(7)25(6)29(27)32)19-21-31(8,34)20-12-18-24(5)17-11-16-23(4)15-10-14-22(2)3/h9,22-24,34H,1,10-21H2,2-8H3. The fraction of sp³-hybridized carbons (Fsp3) is 0.742. The molecule has 34 heavy (non-hydrogen) atoms. The first-order valence-electron chi connectivity index (χ1n) is 13.7. The van der Waals surface area contributed by atoms with Crippen LogP contribution in [0.15, 0.2) is 34.9 Å². The van der Waals surface area contributed by atoms with Crippen LogP contribution >= 0.6 is 0 Å². The molecule has 0 aliphatic heterocycles. The molecule has 0 aromatic heterocycles. The van der Waals surface area contributed by atoms with Crippen molar-refractivity contribution in [3.05, 3.63) is 34.9 Å². The van der Waals surface area contributed by atoms with Gasteiger partial charge in [-0.1, -0.05) is 85.1 Å². The highest BCUT2D eigenvalue weighted by Gasteiger charge is 2.31. The molecule has 1 aliphatic rings. The number of hydrogen-bond acceptors (Lipinski definition) is 3. The topological polar surface area (TPSA) is 54.4 Å². The van der Waals surface area contributed by atoms with Crippen LogP contribution in [0.4, 0.5) is 0 Å². The SMILES string of the molecule is C=CCC1=C(CCC(C)(O)CCCC(C)CCCC(C)CCCC(C)C)C(=O)C(C)=C(C)C1=O. The molecule has 0 aromatic rings. The van der Waals surface area contributed by atoms with Gasteiger partial charge in [-0.05, 0) is 64.2 Å². The predicted octanol–water partition coefficient (Wildman–Crippen LogP) is 8.32. The van der Waals surface area contributed by atoms with Crippen LogP contribution in [0.25, 0.3) is 0 Å². The van der Waals surface area contributed by atoms with Gasteiger partial charge in [-0.15, -0.1) is 6.58 Å². The largest absolute Gasteiger partial charge is 0.390 e. The zero-order valence-electron chi connectivity index (χ0n) is 23.3. The molecule has 0 amide bonds. The summed E-state index contributed by atoms with van der Waals surface area (Å²) in [5, 5.41) is 11.0. The molecule has 0 spiro atoms. The van der Waals surface area contributed by atoms with E-state index in [1.165, 1.54) is 38.5 Å². The smallest absolute Gasteiger partial charge is 0.185 e. The van der Waals surface area contributed by atoms with Crippen LogP contribution in [-0.4, -0.2) is 22.3 Å². The van der Waals surface area contributed by atoms with E-state index in [2.05, 4.69) is 34.3 Å². The van der Waals surface area contributed by atoms with Crippen molar-refractivity contribution in [1.29, 1.82) is 0 Å². The summed E-state index contributed by atoms with van der Waals surface area (Å²) < 4.78 is 0. The molecule has 1 N–H and O–H groups in total. The van der Waals surface area contributed by atoms with Gasteiger partial charge in [0.25, 0.3) is 0 Å². The molecule has 0 saturated carbocycles. The fourth-order valence-electron chi connectivity index (χ4n) is 5.02. The fourth-order valence-corrected chi connectivity index (χ4v) is 5.02. The first kappa shape index (κ1) is 30.6. The molecule has 1 rings (SSSR count). The van der Waals surface area contributed by atoms with Gasteiger partial charge in [0, 0.05) is 22.3 Å². The van der Waals surface area contributed by atoms with E-state index in [0.717, 1.165) is 31.1 Å². The summed E-state index contributed by atoms with van der Waals surface area (Å²) in [5.74, 6) is 2.22. The number of carbonyl (C=O) groups excluding carboxylic acids is 2. The van der Waals surface area contributed by atoms with E-state index >= 15 is 0 Å². The van der Waals surface area contributed by atoms with Crippen LogP contribution < -0.4 is 0 Å². The second kappa shape index (κ2) is 14.8. The van der Waals surface area contributed by atoms with Crippen molar-refractivity contribution in [3.8, 4) is 0 Å². The summed E-state index contributed by atoms with van der Waals surface area (Å²) in [6.45, 7) is 18.4. The van der Waals surface area contributed by atoms with Gasteiger partial charge in [0.05, 0.1) is 5.60 Å². The molecule has 1 aliphatic carbocycles. The number of Topliss-reactive ketones (excluding diaryl/α,β-unsaturated/α-hetero) is 2. The molecular formula is C31H52O3. The Morgan fingerprint density at radius 1 is 0.794 bits per heavy atom. The van der Waals surface area contributed by atoms with Gasteiger partial charge in [0.15, 0.2) is 11.6 Å². The van der Waals surface area contributed by atoms with Gasteiger partial charge in [-0.3, -0.25) is 9.59 Å². The maximum absolute atomic E-state index is 12.8. The predicted molar refractivity (Wildman–Crippen MR) is 145 cm³/mol. The minimum atomic E-state index is -0.829. The van der Waals surface area contributed by atoms with Crippen molar-refractivity contribution in [1.82, 2.24) is 0 Å². The van der Waals surface area contributed by atoms with E-state index in [1.54, 1.807) is 19.9 Å². The zero-order chi connectivity index (χ0) is 25.9. The van der Waals surface area contributed by atoms with Crippen molar-refractivity contribution < 1.29 is 14.7 Å². The van der Waals surface area contributed by atoms with E-state index in [0.29, 0.717) is 47.5 Å². The summed E-state index contributed by atoms with van der Waals surface area (Å²) >= 11 is 0. The monoisotopic (exact) mass is 472 g/mol. The Balaban J connectivity index is 2.43. The Hall–Kier alpha value is -1.48. The molecule has 0 bridgehead atoms. The van der Waals surface area contributed by atoms with Crippen molar-refractivity contribution >= 4 is 11.6 Å². The van der Waals surface area contributed by atoms with Gasteiger partial charge in [0.1, 0.15) is 0 Å². The lowest BCUT2D eigenvalue weighted by Crippen LogP contribution is -2.27. The zero-order valence-corrected chi connectivity index (χ0v) is 23.3. The second-order valence-corrected chi connectivity index (χ2v) is 11.7. The van der Waals surface area contributed by atoms with Gasteiger partial charge >= 0.3 is 0 Å². The normalized spacial score (nSPS) is 18.5. The third-order valence-corrected chi connectivity index (χ3v) is 7.70. The Kier molecular flexibility index (Phi) is 13.3. The second-order valence-electron chi connectivity index (χ2n) is 11.7. The maximum atomic E-state index is 12.8. The minimum Gasteiger partial charge on any atom is -0.390 e. The number of allylic oxidation sites excluding steroid dienone is 5. The molecule has 3 unspecified atom stereocenters. The molecule has 3 atom stereocenters. The van der Waals surface area contributed by atoms with Crippen molar-refractivity contribution in [2.75, 3.05) is 0 Å². The van der Waals surface area contributed by atoms with Crippen molar-refractivity contribution in [3.63, 3.8) is 0 Å². The van der Waals surface area contributed by atoms with Crippen molar-refractivity contribution in [2.45, 2.75) is 131 Å². The van der Waals surface area contributed by atoms with Crippen LogP contribution in [0.1, 0.15) is 126 Å². The molecule has 0 aromatic carbocycles. The first-order chi connectivity index (χ1) is 15.9. The lowest BCUT2D eigenvalue weighted by molar-refractivity contribution is -0.116. The lowest BCUT2D eigenvalue weighted by Gasteiger charge is -2.26. The van der Waals surface area contributed by atoms with Crippen molar-refractivity contribution in [2.24, 2.45) is 17.8 Å². The maximum Gasteiger partial charge on any atom is 0.185 e. The summed E-state index contributed by atoms with van der Waals surface area (Å²) in [6.07, 6.45) is 13.8. The van der Waals surface area contributed by atoms with Gasteiger partial charge in [-0.25, -0.2) is 0 Å². The van der Waals surface area contributed by atoms with E-state index in [-0.39, 0.29) is 11.6 Å². The summed E-state index contributed by atoms with van der Waals surface area (Å²) in [7, 11) is 0. The van der Waals surface area contributed by atoms with Crippen LogP contribution in [-0.2, 0) is 9.59 Å². The molecule has 0 fully saturated rings. The molecule has 3 heteroatoms. The molecule has 0 radical (unpaired) electrons. The molecule has 3 nitrogen and oxygen atoms in total. The van der Waals surface area contributed by atoms with E-state index in [9.17, 15) is 14.7 Å². The molecule has 0 saturated heterocycles. The van der Waals surface area contributed by atoms with Crippen LogP contribution in [0.5, 0.6) is 0 Å². The Morgan fingerprint density at radius 3 is 1.76 bits per heavy atom. The summed E-state index contributed by atoms with van der Waals surface area (Å²) in [5.41, 5.74) is 1.38. The number of carbonyl (C=O) groups is 2. The molecule has 194 valence electrons. The highest BCUT2D eigenvalue weighted by atomic mass is 16.3. The Morgan fingerprint density at radius 2 is 1.26 bits per heavy atom. The van der Waals surface area contributed by atoms with Crippen LogP contribution in [0.3, 0.4) is 0 Å². The van der Waals surface area contributed by atoms with E-state index in [4.69, 9.17) is 0 Å². The summed E-state index contributed by atoms with van der Waals surface area (Å²) in [4.78, 5) is 25.5. The van der Waals surface area contributed by atoms with Crippen LogP contribution in [0, 0.1) is 17.8 Å². The Labute approximate surface area is 210 Å². The molecular weight excluding hydrogens is 420 g/mol. The highest BCUT2D eigenvalue weighted by Crippen LogP contribution is 2.32. The average Bonchev–Trinajstić information content (AvgIpc) is 2.75. The minimum absolute atomic E-state index is 0.0446.